The topological polar surface area (TPSA) is 3.24 Å². The molecule has 2 heteroatoms. The molecule has 1 aromatic heterocycles. The van der Waals surface area contributed by atoms with Crippen LogP contribution in [-0.4, -0.2) is 0 Å². The zero-order valence-corrected chi connectivity index (χ0v) is 29.4. The molecule has 1 aliphatic rings. The first-order chi connectivity index (χ1) is 25.0. The van der Waals surface area contributed by atoms with Gasteiger partial charge >= 0.3 is 0 Å². The van der Waals surface area contributed by atoms with Gasteiger partial charge in [0, 0.05) is 42.5 Å². The highest BCUT2D eigenvalue weighted by molar-refractivity contribution is 7.25. The van der Waals surface area contributed by atoms with Crippen molar-refractivity contribution in [3.8, 4) is 33.4 Å². The normalized spacial score (nSPS) is 13.1. The van der Waals surface area contributed by atoms with Crippen LogP contribution in [-0.2, 0) is 5.41 Å². The third kappa shape index (κ3) is 4.75. The molecule has 242 valence electrons. The van der Waals surface area contributed by atoms with E-state index in [4.69, 9.17) is 0 Å². The van der Waals surface area contributed by atoms with Crippen molar-refractivity contribution in [1.29, 1.82) is 0 Å². The van der Waals surface area contributed by atoms with Crippen LogP contribution in [0.1, 0.15) is 25.0 Å². The van der Waals surface area contributed by atoms with Crippen molar-refractivity contribution in [2.75, 3.05) is 4.90 Å². The van der Waals surface area contributed by atoms with E-state index >= 15 is 0 Å². The third-order valence-electron chi connectivity index (χ3n) is 10.9. The first-order valence-corrected chi connectivity index (χ1v) is 18.5. The minimum absolute atomic E-state index is 0.0512. The Balaban J connectivity index is 1.18. The standard InChI is InChI=1S/C49H35NS/c1-49(2)43-18-8-5-14-38(43)42-31-37(28-29-44(42)49)50(36-26-24-33(25-27-36)35-23-22-32-12-3-4-13-34(32)30-35)45-19-9-6-15-39(45)40-17-11-21-47-48(40)41-16-7-10-20-46(41)51-47/h3-31H,1-2H3. The summed E-state index contributed by atoms with van der Waals surface area (Å²) >= 11 is 1.87. The van der Waals surface area contributed by atoms with Gasteiger partial charge in [-0.2, -0.15) is 0 Å². The van der Waals surface area contributed by atoms with Gasteiger partial charge < -0.3 is 4.90 Å². The zero-order chi connectivity index (χ0) is 34.1. The molecule has 51 heavy (non-hydrogen) atoms. The lowest BCUT2D eigenvalue weighted by Crippen LogP contribution is -2.15. The number of hydrogen-bond donors (Lipinski definition) is 0. The monoisotopic (exact) mass is 669 g/mol. The second-order valence-corrected chi connectivity index (χ2v) is 15.2. The molecule has 0 unspecified atom stereocenters. The van der Waals surface area contributed by atoms with Gasteiger partial charge in [0.15, 0.2) is 0 Å². The maximum Gasteiger partial charge on any atom is 0.0540 e. The van der Waals surface area contributed by atoms with Crippen molar-refractivity contribution in [2.24, 2.45) is 0 Å². The second kappa shape index (κ2) is 11.6. The number of fused-ring (bicyclic) bond motifs is 7. The fraction of sp³-hybridized carbons (Fsp3) is 0.0612. The Bertz CT molecular complexity index is 2780. The fourth-order valence-corrected chi connectivity index (χ4v) is 9.47. The summed E-state index contributed by atoms with van der Waals surface area (Å²) in [6, 6.07) is 64.9. The Morgan fingerprint density at radius 1 is 0.431 bits per heavy atom. The number of thiophene rings is 1. The van der Waals surface area contributed by atoms with Crippen LogP contribution in [0.15, 0.2) is 176 Å². The molecule has 0 saturated heterocycles. The first-order valence-electron chi connectivity index (χ1n) is 17.7. The van der Waals surface area contributed by atoms with Gasteiger partial charge in [0.1, 0.15) is 0 Å². The summed E-state index contributed by atoms with van der Waals surface area (Å²) in [5.41, 5.74) is 13.7. The van der Waals surface area contributed by atoms with Crippen molar-refractivity contribution in [2.45, 2.75) is 19.3 Å². The molecular weight excluding hydrogens is 635 g/mol. The van der Waals surface area contributed by atoms with Gasteiger partial charge in [0.2, 0.25) is 0 Å². The van der Waals surface area contributed by atoms with Crippen LogP contribution in [0.4, 0.5) is 17.1 Å². The van der Waals surface area contributed by atoms with Crippen molar-refractivity contribution < 1.29 is 0 Å². The number of nitrogens with zero attached hydrogens (tertiary/aromatic N) is 1. The average Bonchev–Trinajstić information content (AvgIpc) is 3.67. The molecule has 1 heterocycles. The molecule has 0 amide bonds. The van der Waals surface area contributed by atoms with Gasteiger partial charge in [-0.1, -0.05) is 141 Å². The summed E-state index contributed by atoms with van der Waals surface area (Å²) in [5, 5.41) is 5.15. The lowest BCUT2D eigenvalue weighted by atomic mass is 9.82. The largest absolute Gasteiger partial charge is 0.310 e. The Labute approximate surface area is 302 Å². The second-order valence-electron chi connectivity index (χ2n) is 14.1. The molecule has 0 bridgehead atoms. The van der Waals surface area contributed by atoms with E-state index < -0.39 is 0 Å². The molecule has 1 nitrogen and oxygen atoms in total. The van der Waals surface area contributed by atoms with E-state index in [9.17, 15) is 0 Å². The van der Waals surface area contributed by atoms with Crippen molar-refractivity contribution in [1.82, 2.24) is 0 Å². The zero-order valence-electron chi connectivity index (χ0n) is 28.6. The highest BCUT2D eigenvalue weighted by Crippen LogP contribution is 2.52. The SMILES string of the molecule is CC1(C)c2ccccc2-c2cc(N(c3ccc(-c4ccc5ccccc5c4)cc3)c3ccccc3-c3cccc4sc5ccccc5c34)ccc21. The van der Waals surface area contributed by atoms with E-state index in [0.717, 1.165) is 17.1 Å². The Morgan fingerprint density at radius 2 is 1.08 bits per heavy atom. The quantitative estimate of drug-likeness (QED) is 0.176. The van der Waals surface area contributed by atoms with Gasteiger partial charge in [-0.05, 0) is 98.2 Å². The first kappa shape index (κ1) is 29.9. The Hall–Kier alpha value is -5.96. The summed E-state index contributed by atoms with van der Waals surface area (Å²) in [5.74, 6) is 0. The summed E-state index contributed by atoms with van der Waals surface area (Å²) < 4.78 is 2.63. The number of anilines is 3. The number of rotatable bonds is 5. The van der Waals surface area contributed by atoms with E-state index in [1.165, 1.54) is 75.5 Å². The van der Waals surface area contributed by atoms with E-state index in [-0.39, 0.29) is 5.41 Å². The van der Waals surface area contributed by atoms with E-state index in [1.807, 2.05) is 11.3 Å². The lowest BCUT2D eigenvalue weighted by Gasteiger charge is -2.29. The molecule has 10 rings (SSSR count). The van der Waals surface area contributed by atoms with E-state index in [1.54, 1.807) is 0 Å². The molecule has 1 aliphatic carbocycles. The maximum atomic E-state index is 2.46. The summed E-state index contributed by atoms with van der Waals surface area (Å²) in [4.78, 5) is 2.46. The molecule has 0 radical (unpaired) electrons. The van der Waals surface area contributed by atoms with Crippen molar-refractivity contribution in [3.63, 3.8) is 0 Å². The van der Waals surface area contributed by atoms with E-state index in [2.05, 4.69) is 195 Å². The van der Waals surface area contributed by atoms with Gasteiger partial charge in [-0.15, -0.1) is 11.3 Å². The molecule has 0 fully saturated rings. The number of hydrogen-bond acceptors (Lipinski definition) is 2. The lowest BCUT2D eigenvalue weighted by molar-refractivity contribution is 0.660. The highest BCUT2D eigenvalue weighted by atomic mass is 32.1. The van der Waals surface area contributed by atoms with Crippen LogP contribution < -0.4 is 4.90 Å². The minimum Gasteiger partial charge on any atom is -0.310 e. The molecule has 8 aromatic carbocycles. The smallest absolute Gasteiger partial charge is 0.0540 e. The minimum atomic E-state index is -0.0512. The van der Waals surface area contributed by atoms with Crippen LogP contribution >= 0.6 is 11.3 Å². The van der Waals surface area contributed by atoms with Crippen LogP contribution in [0.5, 0.6) is 0 Å². The van der Waals surface area contributed by atoms with Crippen LogP contribution in [0.25, 0.3) is 64.3 Å². The van der Waals surface area contributed by atoms with Crippen LogP contribution in [0, 0.1) is 0 Å². The summed E-state index contributed by atoms with van der Waals surface area (Å²) in [6.07, 6.45) is 0. The average molecular weight is 670 g/mol. The van der Waals surface area contributed by atoms with Gasteiger partial charge in [-0.3, -0.25) is 0 Å². The Kier molecular flexibility index (Phi) is 6.78. The molecular formula is C49H35NS. The Morgan fingerprint density at radius 3 is 1.96 bits per heavy atom. The number of para-hydroxylation sites is 1. The molecule has 0 atom stereocenters. The van der Waals surface area contributed by atoms with Gasteiger partial charge in [0.05, 0.1) is 5.69 Å². The molecule has 0 N–H and O–H groups in total. The molecule has 0 saturated carbocycles. The van der Waals surface area contributed by atoms with Crippen LogP contribution in [0.3, 0.4) is 0 Å². The summed E-state index contributed by atoms with van der Waals surface area (Å²) in [7, 11) is 0. The fourth-order valence-electron chi connectivity index (χ4n) is 8.34. The van der Waals surface area contributed by atoms with Crippen molar-refractivity contribution in [3.05, 3.63) is 187 Å². The van der Waals surface area contributed by atoms with E-state index in [0.29, 0.717) is 0 Å². The van der Waals surface area contributed by atoms with Gasteiger partial charge in [-0.25, -0.2) is 0 Å². The van der Waals surface area contributed by atoms with Crippen LogP contribution in [0.2, 0.25) is 0 Å². The highest BCUT2D eigenvalue weighted by Gasteiger charge is 2.35. The summed E-state index contributed by atoms with van der Waals surface area (Å²) in [6.45, 7) is 4.70. The predicted molar refractivity (Wildman–Crippen MR) is 220 cm³/mol. The number of benzene rings is 8. The predicted octanol–water partition coefficient (Wildman–Crippen LogP) is 14.3. The van der Waals surface area contributed by atoms with Crippen molar-refractivity contribution >= 4 is 59.3 Å². The third-order valence-corrected chi connectivity index (χ3v) is 12.0. The molecule has 9 aromatic rings. The maximum absolute atomic E-state index is 2.46. The molecule has 0 spiro atoms. The molecule has 0 aliphatic heterocycles. The van der Waals surface area contributed by atoms with Gasteiger partial charge in [0.25, 0.3) is 0 Å².